The summed E-state index contributed by atoms with van der Waals surface area (Å²) in [7, 11) is 1.98. The first kappa shape index (κ1) is 43.1. The zero-order valence-corrected chi connectivity index (χ0v) is 33.7. The molecule has 0 aliphatic carbocycles. The van der Waals surface area contributed by atoms with E-state index >= 15 is 0 Å². The Hall–Kier alpha value is -5.50. The van der Waals surface area contributed by atoms with Gasteiger partial charge in [0.1, 0.15) is 6.04 Å². The third kappa shape index (κ3) is 11.4. The molecule has 2 heterocycles. The number of alkyl halides is 3. The number of hydrogen-bond donors (Lipinski definition) is 1. The maximum Gasteiger partial charge on any atom is 0.416 e. The van der Waals surface area contributed by atoms with Crippen molar-refractivity contribution in [3.05, 3.63) is 143 Å². The number of carbonyl (C=O) groups is 3. The van der Waals surface area contributed by atoms with Crippen molar-refractivity contribution in [2.24, 2.45) is 0 Å². The van der Waals surface area contributed by atoms with Crippen LogP contribution < -0.4 is 4.90 Å². The molecule has 0 saturated carbocycles. The maximum atomic E-state index is 14.9. The zero-order valence-electron chi connectivity index (χ0n) is 33.7. The molecule has 2 saturated heterocycles. The quantitative estimate of drug-likeness (QED) is 0.161. The van der Waals surface area contributed by atoms with E-state index in [9.17, 15) is 32.7 Å². The average Bonchev–Trinajstić information content (AvgIpc) is 3.25. The molecule has 59 heavy (non-hydrogen) atoms. The van der Waals surface area contributed by atoms with Crippen molar-refractivity contribution in [1.29, 1.82) is 0 Å². The van der Waals surface area contributed by atoms with Crippen molar-refractivity contribution in [1.82, 2.24) is 24.5 Å². The second-order valence-electron chi connectivity index (χ2n) is 15.1. The van der Waals surface area contributed by atoms with Crippen molar-refractivity contribution in [3.8, 4) is 0 Å². The van der Waals surface area contributed by atoms with Gasteiger partial charge in [-0.05, 0) is 59.6 Å². The van der Waals surface area contributed by atoms with Crippen LogP contribution in [0.15, 0.2) is 115 Å². The van der Waals surface area contributed by atoms with E-state index in [1.807, 2.05) is 89.6 Å². The molecule has 0 bridgehead atoms. The number of nitrogens with zero attached hydrogens (tertiary/aromatic N) is 6. The molecule has 1 N–H and O–H groups in total. The van der Waals surface area contributed by atoms with Gasteiger partial charge in [0.05, 0.1) is 18.3 Å². The highest BCUT2D eigenvalue weighted by Crippen LogP contribution is 2.30. The molecule has 4 aromatic carbocycles. The van der Waals surface area contributed by atoms with E-state index in [4.69, 9.17) is 0 Å². The molecule has 3 amide bonds. The topological polar surface area (TPSA) is 90.9 Å². The van der Waals surface area contributed by atoms with Crippen molar-refractivity contribution in [2.75, 3.05) is 77.5 Å². The van der Waals surface area contributed by atoms with Crippen LogP contribution in [-0.2, 0) is 33.5 Å². The van der Waals surface area contributed by atoms with Gasteiger partial charge in [0, 0.05) is 90.6 Å². The molecule has 0 spiro atoms. The van der Waals surface area contributed by atoms with Gasteiger partial charge in [0.15, 0.2) is 0 Å². The van der Waals surface area contributed by atoms with Crippen LogP contribution in [0.2, 0.25) is 0 Å². The summed E-state index contributed by atoms with van der Waals surface area (Å²) in [6, 6.07) is 31.2. The molecule has 13 heteroatoms. The second-order valence-corrected chi connectivity index (χ2v) is 15.1. The molecule has 10 nitrogen and oxygen atoms in total. The maximum absolute atomic E-state index is 14.9. The summed E-state index contributed by atoms with van der Waals surface area (Å²) in [4.78, 5) is 53.0. The molecule has 2 aliphatic rings. The Kier molecular flexibility index (Phi) is 14.6. The summed E-state index contributed by atoms with van der Waals surface area (Å²) in [5, 5.41) is 9.77. The molecule has 6 rings (SSSR count). The van der Waals surface area contributed by atoms with E-state index < -0.39 is 23.7 Å². The lowest BCUT2D eigenvalue weighted by atomic mass is 10.0. The number of halogens is 3. The Bertz CT molecular complexity index is 2000. The van der Waals surface area contributed by atoms with Gasteiger partial charge in [-0.2, -0.15) is 13.2 Å². The lowest BCUT2D eigenvalue weighted by Gasteiger charge is -2.44. The van der Waals surface area contributed by atoms with Crippen LogP contribution in [-0.4, -0.2) is 126 Å². The fourth-order valence-corrected chi connectivity index (χ4v) is 7.89. The van der Waals surface area contributed by atoms with E-state index in [0.717, 1.165) is 34.5 Å². The van der Waals surface area contributed by atoms with Crippen LogP contribution in [0.3, 0.4) is 0 Å². The van der Waals surface area contributed by atoms with Crippen LogP contribution in [0, 0.1) is 0 Å². The minimum atomic E-state index is -4.48. The van der Waals surface area contributed by atoms with Crippen molar-refractivity contribution < 1.29 is 32.7 Å². The van der Waals surface area contributed by atoms with Gasteiger partial charge in [-0.1, -0.05) is 84.9 Å². The first-order chi connectivity index (χ1) is 28.4. The summed E-state index contributed by atoms with van der Waals surface area (Å²) in [5.74, 6) is -0.581. The number of piperazine rings is 2. The standard InChI is InChI=1S/C46H53F3N6O4/c1-35(57)51-23-25-52(26-24-51)41-20-15-38(16-21-41)34-55(43(58)22-17-36-13-18-40(19-14-36)46(47,48)49)42(33-37-9-5-3-6-10-37)45(59)54-29-27-53(28-30-54)44(50(2)31-32-56)39-11-7-4-8-12-39/h3-22,42,44,56H,23-34H2,1-2H3/t42?,44-/m0/s1. The van der Waals surface area contributed by atoms with Gasteiger partial charge in [0.2, 0.25) is 17.7 Å². The Balaban J connectivity index is 1.27. The Morgan fingerprint density at radius 1 is 0.746 bits per heavy atom. The van der Waals surface area contributed by atoms with E-state index in [0.29, 0.717) is 64.5 Å². The molecule has 4 aromatic rings. The van der Waals surface area contributed by atoms with Gasteiger partial charge in [-0.15, -0.1) is 0 Å². The SMILES string of the molecule is CC(=O)N1CCN(c2ccc(CN(C(=O)C=Cc3ccc(C(F)(F)F)cc3)C(Cc3ccccc3)C(=O)N3CCN([C@@H](c4ccccc4)N(C)CCO)CC3)cc2)CC1. The summed E-state index contributed by atoms with van der Waals surface area (Å²) in [6.45, 7) is 6.84. The van der Waals surface area contributed by atoms with Crippen molar-refractivity contribution in [3.63, 3.8) is 0 Å². The first-order valence-electron chi connectivity index (χ1n) is 20.1. The van der Waals surface area contributed by atoms with Crippen molar-refractivity contribution >= 4 is 29.5 Å². The number of anilines is 1. The van der Waals surface area contributed by atoms with Gasteiger partial charge in [-0.25, -0.2) is 0 Å². The molecule has 312 valence electrons. The zero-order chi connectivity index (χ0) is 41.9. The number of aliphatic hydroxyl groups excluding tert-OH is 1. The molecular formula is C46H53F3N6O4. The lowest BCUT2D eigenvalue weighted by molar-refractivity contribution is -0.146. The summed E-state index contributed by atoms with van der Waals surface area (Å²) >= 11 is 0. The minimum Gasteiger partial charge on any atom is -0.395 e. The number of likely N-dealkylation sites (N-methyl/N-ethyl adjacent to an activating group) is 1. The summed E-state index contributed by atoms with van der Waals surface area (Å²) in [6.07, 6.45) is -1.52. The number of amides is 3. The van der Waals surface area contributed by atoms with E-state index in [1.165, 1.54) is 24.3 Å². The molecule has 0 aromatic heterocycles. The fraction of sp³-hybridized carbons (Fsp3) is 0.370. The number of rotatable bonds is 14. The Labute approximate surface area is 344 Å². The lowest BCUT2D eigenvalue weighted by Crippen LogP contribution is -2.57. The third-order valence-electron chi connectivity index (χ3n) is 11.2. The van der Waals surface area contributed by atoms with Gasteiger partial charge >= 0.3 is 6.18 Å². The first-order valence-corrected chi connectivity index (χ1v) is 20.1. The van der Waals surface area contributed by atoms with Gasteiger partial charge in [0.25, 0.3) is 0 Å². The summed E-state index contributed by atoms with van der Waals surface area (Å²) < 4.78 is 39.8. The fourth-order valence-electron chi connectivity index (χ4n) is 7.89. The number of hydrogen-bond acceptors (Lipinski definition) is 7. The van der Waals surface area contributed by atoms with Crippen molar-refractivity contribution in [2.45, 2.75) is 38.3 Å². The molecule has 1 unspecified atom stereocenters. The normalized spacial score (nSPS) is 16.4. The van der Waals surface area contributed by atoms with Crippen LogP contribution >= 0.6 is 0 Å². The predicted octanol–water partition coefficient (Wildman–Crippen LogP) is 5.79. The van der Waals surface area contributed by atoms with E-state index in [1.54, 1.807) is 11.8 Å². The smallest absolute Gasteiger partial charge is 0.395 e. The second kappa shape index (κ2) is 20.0. The van der Waals surface area contributed by atoms with E-state index in [2.05, 4.69) is 26.8 Å². The van der Waals surface area contributed by atoms with E-state index in [-0.39, 0.29) is 37.6 Å². The molecule has 2 fully saturated rings. The molecule has 2 aliphatic heterocycles. The van der Waals surface area contributed by atoms with Crippen LogP contribution in [0.5, 0.6) is 0 Å². The van der Waals surface area contributed by atoms with Gasteiger partial charge in [-0.3, -0.25) is 24.2 Å². The monoisotopic (exact) mass is 810 g/mol. The molecular weight excluding hydrogens is 758 g/mol. The van der Waals surface area contributed by atoms with Gasteiger partial charge < -0.3 is 24.7 Å². The third-order valence-corrected chi connectivity index (χ3v) is 11.2. The molecule has 0 radical (unpaired) electrons. The summed E-state index contributed by atoms with van der Waals surface area (Å²) in [5.41, 5.74) is 3.40. The molecule has 2 atom stereocenters. The highest BCUT2D eigenvalue weighted by molar-refractivity contribution is 5.96. The highest BCUT2D eigenvalue weighted by atomic mass is 19.4. The van der Waals surface area contributed by atoms with Crippen LogP contribution in [0.25, 0.3) is 6.08 Å². The Morgan fingerprint density at radius 2 is 1.34 bits per heavy atom. The Morgan fingerprint density at radius 3 is 1.92 bits per heavy atom. The average molecular weight is 811 g/mol. The largest absolute Gasteiger partial charge is 0.416 e. The number of aliphatic hydroxyl groups is 1. The van der Waals surface area contributed by atoms with Crippen LogP contribution in [0.1, 0.15) is 40.9 Å². The minimum absolute atomic E-state index is 0.0114. The number of benzene rings is 4. The highest BCUT2D eigenvalue weighted by Gasteiger charge is 2.36. The predicted molar refractivity (Wildman–Crippen MR) is 223 cm³/mol. The van der Waals surface area contributed by atoms with Crippen LogP contribution in [0.4, 0.5) is 18.9 Å². The number of carbonyl (C=O) groups excluding carboxylic acids is 3.